The minimum Gasteiger partial charge on any atom is -0.445 e. The zero-order chi connectivity index (χ0) is 34.4. The van der Waals surface area contributed by atoms with Crippen LogP contribution in [0.2, 0.25) is 0 Å². The number of hydrogen-bond donors (Lipinski definition) is 0. The number of hydrogen-bond acceptors (Lipinski definition) is 6. The molecule has 0 N–H and O–H groups in total. The molecule has 0 radical (unpaired) electrons. The summed E-state index contributed by atoms with van der Waals surface area (Å²) in [6, 6.07) is 48.3. The third-order valence-electron chi connectivity index (χ3n) is 8.88. The molecule has 5 aromatic rings. The van der Waals surface area contributed by atoms with Crippen LogP contribution in [0.5, 0.6) is 0 Å². The van der Waals surface area contributed by atoms with E-state index in [-0.39, 0.29) is 45.2 Å². The molecule has 0 bridgehead atoms. The number of amides is 1. The summed E-state index contributed by atoms with van der Waals surface area (Å²) in [7, 11) is 0. The molecule has 0 heterocycles. The van der Waals surface area contributed by atoms with Gasteiger partial charge in [0.25, 0.3) is 0 Å². The Kier molecular flexibility index (Phi) is 12.6. The SMILES string of the molecule is O=C1CC[C@@H](N(Cc2ccccc2)C(=O)OCc2ccccc2)[C@H](OCc2ccccc2)[C@@H](OCc2ccccc2)[C@@H]1OCc1ccccc1. The second-order valence-corrected chi connectivity index (χ2v) is 12.5. The van der Waals surface area contributed by atoms with Crippen LogP contribution in [0.25, 0.3) is 0 Å². The highest BCUT2D eigenvalue weighted by Crippen LogP contribution is 2.31. The highest BCUT2D eigenvalue weighted by atomic mass is 16.6. The Labute approximate surface area is 294 Å². The van der Waals surface area contributed by atoms with E-state index >= 15 is 0 Å². The molecule has 1 amide bonds. The van der Waals surface area contributed by atoms with E-state index in [1.54, 1.807) is 4.90 Å². The minimum atomic E-state index is -0.927. The van der Waals surface area contributed by atoms with Crippen LogP contribution in [-0.4, -0.2) is 41.1 Å². The van der Waals surface area contributed by atoms with Crippen LogP contribution in [0, 0.1) is 0 Å². The first kappa shape index (κ1) is 34.8. The van der Waals surface area contributed by atoms with E-state index in [1.807, 2.05) is 152 Å². The van der Waals surface area contributed by atoms with Crippen molar-refractivity contribution in [1.29, 1.82) is 0 Å². The van der Waals surface area contributed by atoms with Crippen molar-refractivity contribution in [2.75, 3.05) is 0 Å². The van der Waals surface area contributed by atoms with E-state index in [9.17, 15) is 9.59 Å². The molecule has 0 unspecified atom stereocenters. The van der Waals surface area contributed by atoms with E-state index in [1.165, 1.54) is 0 Å². The fourth-order valence-corrected chi connectivity index (χ4v) is 6.27. The molecule has 5 aromatic carbocycles. The van der Waals surface area contributed by atoms with Gasteiger partial charge in [0, 0.05) is 13.0 Å². The first-order chi connectivity index (χ1) is 24.6. The Hall–Kier alpha value is -5.08. The Morgan fingerprint density at radius 3 is 1.40 bits per heavy atom. The minimum absolute atomic E-state index is 0.0906. The third kappa shape index (κ3) is 9.76. The van der Waals surface area contributed by atoms with Gasteiger partial charge in [-0.3, -0.25) is 9.69 Å². The van der Waals surface area contributed by atoms with Crippen molar-refractivity contribution in [2.24, 2.45) is 0 Å². The van der Waals surface area contributed by atoms with E-state index in [2.05, 4.69) is 0 Å². The van der Waals surface area contributed by atoms with Gasteiger partial charge in [0.05, 0.1) is 25.9 Å². The number of nitrogens with zero attached hydrogens (tertiary/aromatic N) is 1. The summed E-state index contributed by atoms with van der Waals surface area (Å²) >= 11 is 0. The van der Waals surface area contributed by atoms with Crippen molar-refractivity contribution in [1.82, 2.24) is 4.90 Å². The molecular weight excluding hydrogens is 626 g/mol. The van der Waals surface area contributed by atoms with Gasteiger partial charge in [-0.25, -0.2) is 4.79 Å². The lowest BCUT2D eigenvalue weighted by atomic mass is 9.99. The molecule has 7 nitrogen and oxygen atoms in total. The molecule has 4 atom stereocenters. The van der Waals surface area contributed by atoms with E-state index in [0.717, 1.165) is 27.8 Å². The predicted octanol–water partition coefficient (Wildman–Crippen LogP) is 8.31. The molecule has 6 rings (SSSR count). The van der Waals surface area contributed by atoms with Crippen molar-refractivity contribution in [3.05, 3.63) is 179 Å². The van der Waals surface area contributed by atoms with Gasteiger partial charge in [0.15, 0.2) is 5.78 Å². The summed E-state index contributed by atoms with van der Waals surface area (Å²) in [6.07, 6.45) is -2.46. The molecule has 0 saturated heterocycles. The Bertz CT molecular complexity index is 1740. The number of carbonyl (C=O) groups is 2. The third-order valence-corrected chi connectivity index (χ3v) is 8.88. The lowest BCUT2D eigenvalue weighted by Gasteiger charge is -2.39. The molecule has 0 aromatic heterocycles. The quantitative estimate of drug-likeness (QED) is 0.111. The monoisotopic (exact) mass is 669 g/mol. The summed E-state index contributed by atoms with van der Waals surface area (Å²) in [6.45, 7) is 1.10. The summed E-state index contributed by atoms with van der Waals surface area (Å²) in [5.41, 5.74) is 4.67. The number of rotatable bonds is 14. The van der Waals surface area contributed by atoms with Crippen molar-refractivity contribution in [3.8, 4) is 0 Å². The van der Waals surface area contributed by atoms with E-state index < -0.39 is 30.4 Å². The van der Waals surface area contributed by atoms with Crippen molar-refractivity contribution in [3.63, 3.8) is 0 Å². The maximum atomic E-state index is 14.2. The fourth-order valence-electron chi connectivity index (χ4n) is 6.27. The smallest absolute Gasteiger partial charge is 0.410 e. The Morgan fingerprint density at radius 1 is 0.520 bits per heavy atom. The zero-order valence-electron chi connectivity index (χ0n) is 28.1. The first-order valence-electron chi connectivity index (χ1n) is 17.1. The highest BCUT2D eigenvalue weighted by molar-refractivity contribution is 5.84. The van der Waals surface area contributed by atoms with Gasteiger partial charge in [0.2, 0.25) is 0 Å². The second-order valence-electron chi connectivity index (χ2n) is 12.5. The lowest BCUT2D eigenvalue weighted by Crippen LogP contribution is -2.55. The predicted molar refractivity (Wildman–Crippen MR) is 192 cm³/mol. The number of benzene rings is 5. The molecule has 1 aliphatic rings. The maximum absolute atomic E-state index is 14.2. The van der Waals surface area contributed by atoms with Crippen LogP contribution in [0.15, 0.2) is 152 Å². The topological polar surface area (TPSA) is 74.3 Å². The van der Waals surface area contributed by atoms with Crippen molar-refractivity contribution in [2.45, 2.75) is 70.2 Å². The fraction of sp³-hybridized carbons (Fsp3) is 0.256. The Morgan fingerprint density at radius 2 is 0.920 bits per heavy atom. The average molecular weight is 670 g/mol. The highest BCUT2D eigenvalue weighted by Gasteiger charge is 2.47. The van der Waals surface area contributed by atoms with Crippen LogP contribution in [0.1, 0.15) is 40.7 Å². The zero-order valence-corrected chi connectivity index (χ0v) is 28.1. The molecule has 0 spiro atoms. The van der Waals surface area contributed by atoms with Crippen LogP contribution in [0.4, 0.5) is 4.79 Å². The molecule has 256 valence electrons. The standard InChI is InChI=1S/C43H43NO6/c45-39-27-26-38(44(28-33-16-6-1-7-17-33)43(46)50-32-37-24-14-5-15-25-37)40(47-29-34-18-8-2-9-19-34)42(49-31-36-22-12-4-13-23-36)41(39)48-30-35-20-10-3-11-21-35/h1-25,38,40-42H,26-32H2/t38-,40+,41-,42-/m1/s1. The van der Waals surface area contributed by atoms with Gasteiger partial charge in [-0.1, -0.05) is 152 Å². The van der Waals surface area contributed by atoms with Crippen LogP contribution < -0.4 is 0 Å². The number of ketones is 1. The molecule has 7 heteroatoms. The molecule has 1 saturated carbocycles. The largest absolute Gasteiger partial charge is 0.445 e. The normalized spacial score (nSPS) is 19.0. The molecular formula is C43H43NO6. The lowest BCUT2D eigenvalue weighted by molar-refractivity contribution is -0.171. The van der Waals surface area contributed by atoms with Gasteiger partial charge in [-0.15, -0.1) is 0 Å². The van der Waals surface area contributed by atoms with Crippen LogP contribution >= 0.6 is 0 Å². The van der Waals surface area contributed by atoms with E-state index in [4.69, 9.17) is 18.9 Å². The van der Waals surface area contributed by atoms with Gasteiger partial charge in [0.1, 0.15) is 24.9 Å². The second kappa shape index (κ2) is 18.1. The average Bonchev–Trinajstić information content (AvgIpc) is 3.30. The number of ether oxygens (including phenoxy) is 4. The van der Waals surface area contributed by atoms with Crippen LogP contribution in [0.3, 0.4) is 0 Å². The van der Waals surface area contributed by atoms with Crippen molar-refractivity contribution >= 4 is 11.9 Å². The Balaban J connectivity index is 1.37. The van der Waals surface area contributed by atoms with Gasteiger partial charge in [-0.05, 0) is 34.2 Å². The summed E-state index contributed by atoms with van der Waals surface area (Å²) in [5.74, 6) is -0.0906. The van der Waals surface area contributed by atoms with Gasteiger partial charge < -0.3 is 18.9 Å². The van der Waals surface area contributed by atoms with Crippen molar-refractivity contribution < 1.29 is 28.5 Å². The number of Topliss-reactive ketones (excluding diaryl/α,β-unsaturated/α-hetero) is 1. The summed E-state index contributed by atoms with van der Waals surface area (Å²) in [5, 5.41) is 0. The molecule has 0 aliphatic heterocycles. The van der Waals surface area contributed by atoms with Gasteiger partial charge >= 0.3 is 6.09 Å². The van der Waals surface area contributed by atoms with Crippen LogP contribution in [-0.2, 0) is 56.7 Å². The molecule has 1 fully saturated rings. The molecule has 1 aliphatic carbocycles. The molecule has 50 heavy (non-hydrogen) atoms. The van der Waals surface area contributed by atoms with E-state index in [0.29, 0.717) is 6.42 Å². The first-order valence-corrected chi connectivity index (χ1v) is 17.1. The summed E-state index contributed by atoms with van der Waals surface area (Å²) in [4.78, 5) is 30.0. The maximum Gasteiger partial charge on any atom is 0.410 e. The van der Waals surface area contributed by atoms with Gasteiger partial charge in [-0.2, -0.15) is 0 Å². The number of carbonyl (C=O) groups excluding carboxylic acids is 2. The summed E-state index contributed by atoms with van der Waals surface area (Å²) < 4.78 is 26.0.